The lowest BCUT2D eigenvalue weighted by Crippen LogP contribution is -2.13. The van der Waals surface area contributed by atoms with Gasteiger partial charge in [-0.1, -0.05) is 19.9 Å². The molecule has 0 radical (unpaired) electrons. The van der Waals surface area contributed by atoms with E-state index >= 15 is 0 Å². The van der Waals surface area contributed by atoms with Crippen LogP contribution in [0.25, 0.3) is 0 Å². The lowest BCUT2D eigenvalue weighted by Gasteiger charge is -2.02. The van der Waals surface area contributed by atoms with Crippen LogP contribution in [-0.4, -0.2) is 12.7 Å². The summed E-state index contributed by atoms with van der Waals surface area (Å²) in [6.07, 6.45) is 3.41. The van der Waals surface area contributed by atoms with Crippen LogP contribution >= 0.6 is 0 Å². The van der Waals surface area contributed by atoms with E-state index in [9.17, 15) is 4.79 Å². The van der Waals surface area contributed by atoms with Crippen LogP contribution in [0.2, 0.25) is 0 Å². The summed E-state index contributed by atoms with van der Waals surface area (Å²) in [7, 11) is 0. The summed E-state index contributed by atoms with van der Waals surface area (Å²) in [5.74, 6) is -0.295. The zero-order chi connectivity index (χ0) is 8.69. The predicted molar refractivity (Wildman–Crippen MR) is 43.8 cm³/mol. The highest BCUT2D eigenvalue weighted by Gasteiger charge is 2.05. The van der Waals surface area contributed by atoms with Crippen molar-refractivity contribution < 1.29 is 9.53 Å². The average molecular weight is 157 g/mol. The van der Waals surface area contributed by atoms with E-state index in [-0.39, 0.29) is 12.7 Å². The Morgan fingerprint density at radius 3 is 2.55 bits per heavy atom. The van der Waals surface area contributed by atoms with E-state index in [2.05, 4.69) is 4.74 Å². The first-order chi connectivity index (χ1) is 5.26. The van der Waals surface area contributed by atoms with E-state index in [0.717, 1.165) is 6.42 Å². The first kappa shape index (κ1) is 10.2. The van der Waals surface area contributed by atoms with Gasteiger partial charge in [-0.2, -0.15) is 0 Å². The van der Waals surface area contributed by atoms with Crippen LogP contribution < -0.4 is 5.73 Å². The number of allylic oxidation sites excluding steroid dienone is 1. The molecule has 0 heterocycles. The molecule has 11 heavy (non-hydrogen) atoms. The zero-order valence-corrected chi connectivity index (χ0v) is 7.09. The third-order valence-corrected chi connectivity index (χ3v) is 1.31. The lowest BCUT2D eigenvalue weighted by atomic mass is 10.2. The van der Waals surface area contributed by atoms with Gasteiger partial charge < -0.3 is 4.74 Å². The molecular formula is C8H15NO2. The Balaban J connectivity index is 4.03. The summed E-state index contributed by atoms with van der Waals surface area (Å²) in [6, 6.07) is 0. The number of ether oxygens (including phenoxy) is 1. The van der Waals surface area contributed by atoms with Crippen molar-refractivity contribution in [2.75, 3.05) is 6.73 Å². The molecule has 0 aromatic rings. The fourth-order valence-electron chi connectivity index (χ4n) is 0.787. The SMILES string of the molecule is CCC=C(CC)C(=O)OCN. The van der Waals surface area contributed by atoms with Gasteiger partial charge in [0.25, 0.3) is 0 Å². The number of carbonyl (C=O) groups is 1. The minimum Gasteiger partial charge on any atom is -0.447 e. The summed E-state index contributed by atoms with van der Waals surface area (Å²) in [5, 5.41) is 0. The molecule has 0 spiro atoms. The van der Waals surface area contributed by atoms with Crippen molar-refractivity contribution in [3.63, 3.8) is 0 Å². The molecule has 3 nitrogen and oxygen atoms in total. The molecule has 0 rings (SSSR count). The average Bonchev–Trinajstić information content (AvgIpc) is 2.00. The van der Waals surface area contributed by atoms with Crippen LogP contribution in [0, 0.1) is 0 Å². The smallest absolute Gasteiger partial charge is 0.334 e. The summed E-state index contributed by atoms with van der Waals surface area (Å²) in [6.45, 7) is 3.85. The monoisotopic (exact) mass is 157 g/mol. The minimum atomic E-state index is -0.295. The number of hydrogen-bond donors (Lipinski definition) is 1. The molecular weight excluding hydrogens is 142 g/mol. The Morgan fingerprint density at radius 1 is 1.55 bits per heavy atom. The maximum Gasteiger partial charge on any atom is 0.334 e. The number of esters is 1. The summed E-state index contributed by atoms with van der Waals surface area (Å²) < 4.78 is 4.62. The topological polar surface area (TPSA) is 52.3 Å². The van der Waals surface area contributed by atoms with E-state index in [4.69, 9.17) is 5.73 Å². The molecule has 0 saturated carbocycles. The predicted octanol–water partition coefficient (Wildman–Crippen LogP) is 1.19. The maximum absolute atomic E-state index is 11.0. The third-order valence-electron chi connectivity index (χ3n) is 1.31. The highest BCUT2D eigenvalue weighted by molar-refractivity contribution is 5.88. The molecule has 0 aromatic heterocycles. The van der Waals surface area contributed by atoms with Gasteiger partial charge in [-0.3, -0.25) is 5.73 Å². The molecule has 0 aliphatic rings. The van der Waals surface area contributed by atoms with Crippen molar-refractivity contribution in [2.45, 2.75) is 26.7 Å². The largest absolute Gasteiger partial charge is 0.447 e. The van der Waals surface area contributed by atoms with Crippen molar-refractivity contribution >= 4 is 5.97 Å². The van der Waals surface area contributed by atoms with Crippen molar-refractivity contribution in [3.8, 4) is 0 Å². The van der Waals surface area contributed by atoms with Crippen molar-refractivity contribution in [1.29, 1.82) is 0 Å². The third kappa shape index (κ3) is 3.78. The van der Waals surface area contributed by atoms with Crippen LogP contribution in [0.5, 0.6) is 0 Å². The van der Waals surface area contributed by atoms with E-state index in [1.54, 1.807) is 0 Å². The fraction of sp³-hybridized carbons (Fsp3) is 0.625. The second-order valence-electron chi connectivity index (χ2n) is 2.09. The van der Waals surface area contributed by atoms with E-state index < -0.39 is 0 Å². The molecule has 0 aliphatic carbocycles. The van der Waals surface area contributed by atoms with Gasteiger partial charge in [0.2, 0.25) is 0 Å². The fourth-order valence-corrected chi connectivity index (χ4v) is 0.787. The van der Waals surface area contributed by atoms with Crippen LogP contribution in [0.15, 0.2) is 11.6 Å². The number of nitrogens with two attached hydrogens (primary N) is 1. The zero-order valence-electron chi connectivity index (χ0n) is 7.09. The van der Waals surface area contributed by atoms with E-state index in [1.165, 1.54) is 0 Å². The van der Waals surface area contributed by atoms with Crippen LogP contribution in [0.3, 0.4) is 0 Å². The summed E-state index contributed by atoms with van der Waals surface area (Å²) >= 11 is 0. The molecule has 0 amide bonds. The van der Waals surface area contributed by atoms with Crippen LogP contribution in [0.4, 0.5) is 0 Å². The van der Waals surface area contributed by atoms with Gasteiger partial charge in [-0.25, -0.2) is 4.79 Å². The Morgan fingerprint density at radius 2 is 2.18 bits per heavy atom. The van der Waals surface area contributed by atoms with Gasteiger partial charge in [0.1, 0.15) is 6.73 Å². The highest BCUT2D eigenvalue weighted by Crippen LogP contribution is 2.03. The van der Waals surface area contributed by atoms with Crippen LogP contribution in [0.1, 0.15) is 26.7 Å². The first-order valence-corrected chi connectivity index (χ1v) is 3.82. The lowest BCUT2D eigenvalue weighted by molar-refractivity contribution is -0.138. The van der Waals surface area contributed by atoms with Gasteiger partial charge in [0, 0.05) is 5.57 Å². The standard InChI is InChI=1S/C8H15NO2/c1-3-5-7(4-2)8(10)11-6-9/h5H,3-4,6,9H2,1-2H3. The molecule has 0 atom stereocenters. The van der Waals surface area contributed by atoms with Gasteiger partial charge in [0.15, 0.2) is 0 Å². The molecule has 64 valence electrons. The van der Waals surface area contributed by atoms with E-state index in [1.807, 2.05) is 19.9 Å². The first-order valence-electron chi connectivity index (χ1n) is 3.82. The summed E-state index contributed by atoms with van der Waals surface area (Å²) in [5.41, 5.74) is 5.75. The number of hydrogen-bond acceptors (Lipinski definition) is 3. The second kappa shape index (κ2) is 5.92. The molecule has 0 aromatic carbocycles. The van der Waals surface area contributed by atoms with Gasteiger partial charge in [-0.05, 0) is 12.8 Å². The van der Waals surface area contributed by atoms with Crippen molar-refractivity contribution in [1.82, 2.24) is 0 Å². The second-order valence-corrected chi connectivity index (χ2v) is 2.09. The van der Waals surface area contributed by atoms with Gasteiger partial charge >= 0.3 is 5.97 Å². The Kier molecular flexibility index (Phi) is 5.47. The summed E-state index contributed by atoms with van der Waals surface area (Å²) in [4.78, 5) is 11.0. The molecule has 0 bridgehead atoms. The normalized spacial score (nSPS) is 11.4. The van der Waals surface area contributed by atoms with Gasteiger partial charge in [0.05, 0.1) is 0 Å². The van der Waals surface area contributed by atoms with E-state index in [0.29, 0.717) is 12.0 Å². The molecule has 2 N–H and O–H groups in total. The molecule has 3 heteroatoms. The molecule has 0 saturated heterocycles. The molecule has 0 unspecified atom stereocenters. The molecule has 0 fully saturated rings. The number of rotatable bonds is 4. The highest BCUT2D eigenvalue weighted by atomic mass is 16.5. The Bertz CT molecular complexity index is 152. The quantitative estimate of drug-likeness (QED) is 0.379. The van der Waals surface area contributed by atoms with Crippen molar-refractivity contribution in [2.24, 2.45) is 5.73 Å². The Hall–Kier alpha value is -0.830. The Labute approximate surface area is 67.2 Å². The van der Waals surface area contributed by atoms with Crippen LogP contribution in [-0.2, 0) is 9.53 Å². The molecule has 0 aliphatic heterocycles. The minimum absolute atomic E-state index is 0.0418. The van der Waals surface area contributed by atoms with Crippen molar-refractivity contribution in [3.05, 3.63) is 11.6 Å². The van der Waals surface area contributed by atoms with Gasteiger partial charge in [-0.15, -0.1) is 0 Å². The number of carbonyl (C=O) groups excluding carboxylic acids is 1. The maximum atomic E-state index is 11.0.